The molecule has 1 saturated carbocycles. The van der Waals surface area contributed by atoms with Crippen molar-refractivity contribution < 1.29 is 14.7 Å². The van der Waals surface area contributed by atoms with Crippen LogP contribution in [0.3, 0.4) is 0 Å². The molecule has 2 bridgehead atoms. The molecular formula is C19H28N2O3. The first kappa shape index (κ1) is 18.3. The molecule has 2 N–H and O–H groups in total. The van der Waals surface area contributed by atoms with Crippen LogP contribution in [0.2, 0.25) is 0 Å². The predicted molar refractivity (Wildman–Crippen MR) is 94.0 cm³/mol. The molecule has 0 spiro atoms. The minimum Gasteiger partial charge on any atom is -0.505 e. The number of hydrogen-bond acceptors (Lipinski definition) is 3. The number of aliphatic hydroxyl groups is 1. The van der Waals surface area contributed by atoms with Crippen molar-refractivity contribution in [1.82, 2.24) is 10.2 Å². The average molecular weight is 332 g/mol. The van der Waals surface area contributed by atoms with Crippen molar-refractivity contribution >= 4 is 12.3 Å². The average Bonchev–Trinajstić information content (AvgIpc) is 2.69. The number of aliphatic hydroxyl groups excluding tert-OH is 1. The summed E-state index contributed by atoms with van der Waals surface area (Å²) in [4.78, 5) is 25.6. The zero-order valence-corrected chi connectivity index (χ0v) is 15.1. The van der Waals surface area contributed by atoms with Gasteiger partial charge in [-0.05, 0) is 50.5 Å². The van der Waals surface area contributed by atoms with Crippen LogP contribution in [0.4, 0.5) is 0 Å². The summed E-state index contributed by atoms with van der Waals surface area (Å²) in [5.74, 6) is 0.0234. The highest BCUT2D eigenvalue weighted by molar-refractivity contribution is 5.97. The minimum atomic E-state index is -0.284. The molecule has 1 heterocycles. The Hall–Kier alpha value is -2.04. The van der Waals surface area contributed by atoms with Crippen LogP contribution in [0.1, 0.15) is 47.0 Å². The van der Waals surface area contributed by atoms with Gasteiger partial charge < -0.3 is 15.3 Å². The van der Waals surface area contributed by atoms with Crippen molar-refractivity contribution in [1.29, 1.82) is 0 Å². The van der Waals surface area contributed by atoms with Gasteiger partial charge in [-0.1, -0.05) is 26.5 Å². The lowest BCUT2D eigenvalue weighted by Crippen LogP contribution is -2.46. The van der Waals surface area contributed by atoms with Crippen LogP contribution < -0.4 is 5.32 Å². The summed E-state index contributed by atoms with van der Waals surface area (Å²) in [6.45, 7) is 12.8. The highest BCUT2D eigenvalue weighted by atomic mass is 16.3. The maximum absolute atomic E-state index is 13.0. The van der Waals surface area contributed by atoms with E-state index in [1.54, 1.807) is 13.0 Å². The Morgan fingerprint density at radius 1 is 1.38 bits per heavy atom. The van der Waals surface area contributed by atoms with Gasteiger partial charge in [-0.3, -0.25) is 9.59 Å². The van der Waals surface area contributed by atoms with E-state index < -0.39 is 0 Å². The van der Waals surface area contributed by atoms with Gasteiger partial charge in [0.25, 0.3) is 5.91 Å². The van der Waals surface area contributed by atoms with Crippen LogP contribution in [0.25, 0.3) is 0 Å². The van der Waals surface area contributed by atoms with E-state index in [0.29, 0.717) is 18.9 Å². The van der Waals surface area contributed by atoms with Crippen molar-refractivity contribution in [2.24, 2.45) is 11.3 Å². The molecule has 2 rings (SSSR count). The SMILES string of the molecule is C=C(C(=O)N1CC2(C)CC(C)CC1(C)C2)/C(O)=C(\C=C/C)NC=O. The number of nitrogens with zero attached hydrogens (tertiary/aromatic N) is 1. The lowest BCUT2D eigenvalue weighted by Gasteiger charge is -2.40. The van der Waals surface area contributed by atoms with Crippen LogP contribution in [0.15, 0.2) is 35.8 Å². The molecule has 0 aromatic carbocycles. The van der Waals surface area contributed by atoms with E-state index in [9.17, 15) is 14.7 Å². The van der Waals surface area contributed by atoms with E-state index in [-0.39, 0.29) is 33.9 Å². The Kier molecular flexibility index (Phi) is 4.92. The van der Waals surface area contributed by atoms with Gasteiger partial charge in [0.1, 0.15) is 0 Å². The Bertz CT molecular complexity index is 622. The smallest absolute Gasteiger partial charge is 0.257 e. The molecule has 2 fully saturated rings. The monoisotopic (exact) mass is 332 g/mol. The summed E-state index contributed by atoms with van der Waals surface area (Å²) < 4.78 is 0. The predicted octanol–water partition coefficient (Wildman–Crippen LogP) is 3.06. The zero-order chi connectivity index (χ0) is 18.1. The number of likely N-dealkylation sites (tertiary alicyclic amines) is 1. The standard InChI is InChI=1S/C19H28N2O3/c1-6-7-15(20-12-22)16(23)14(3)17(24)21-11-18(4)8-13(2)9-19(21,5)10-18/h6-7,12-13,23H,3,8-11H2,1-2,4-5H3,(H,20,22)/b7-6-,16-15-. The highest BCUT2D eigenvalue weighted by Crippen LogP contribution is 2.53. The molecule has 0 aromatic heterocycles. The summed E-state index contributed by atoms with van der Waals surface area (Å²) in [5, 5.41) is 12.8. The molecule has 0 aromatic rings. The van der Waals surface area contributed by atoms with Gasteiger partial charge in [0, 0.05) is 12.1 Å². The van der Waals surface area contributed by atoms with Crippen molar-refractivity contribution in [3.8, 4) is 0 Å². The molecule has 3 unspecified atom stereocenters. The summed E-state index contributed by atoms with van der Waals surface area (Å²) in [6.07, 6.45) is 6.72. The Labute approximate surface area is 144 Å². The second kappa shape index (κ2) is 6.46. The summed E-state index contributed by atoms with van der Waals surface area (Å²) >= 11 is 0. The third-order valence-electron chi connectivity index (χ3n) is 5.22. The van der Waals surface area contributed by atoms with Crippen molar-refractivity contribution in [3.05, 3.63) is 35.8 Å². The van der Waals surface area contributed by atoms with E-state index in [4.69, 9.17) is 0 Å². The van der Waals surface area contributed by atoms with Gasteiger partial charge in [-0.2, -0.15) is 0 Å². The molecular weight excluding hydrogens is 304 g/mol. The largest absolute Gasteiger partial charge is 0.505 e. The van der Waals surface area contributed by atoms with Crippen molar-refractivity contribution in [2.45, 2.75) is 52.5 Å². The third-order valence-corrected chi connectivity index (χ3v) is 5.22. The molecule has 0 radical (unpaired) electrons. The molecule has 1 aliphatic heterocycles. The van der Waals surface area contributed by atoms with Gasteiger partial charge in [-0.15, -0.1) is 0 Å². The van der Waals surface area contributed by atoms with Crippen LogP contribution in [-0.4, -0.2) is 34.4 Å². The Morgan fingerprint density at radius 3 is 2.62 bits per heavy atom. The second-order valence-electron chi connectivity index (χ2n) is 7.89. The quantitative estimate of drug-likeness (QED) is 0.352. The Balaban J connectivity index is 2.30. The van der Waals surface area contributed by atoms with E-state index >= 15 is 0 Å². The van der Waals surface area contributed by atoms with Crippen molar-refractivity contribution in [3.63, 3.8) is 0 Å². The third kappa shape index (κ3) is 3.25. The highest BCUT2D eigenvalue weighted by Gasteiger charge is 2.54. The van der Waals surface area contributed by atoms with Gasteiger partial charge in [0.2, 0.25) is 6.41 Å². The number of hydrogen-bond donors (Lipinski definition) is 2. The van der Waals surface area contributed by atoms with Gasteiger partial charge in [0.05, 0.1) is 11.3 Å². The maximum atomic E-state index is 13.0. The number of allylic oxidation sites excluding steroid dienone is 2. The fourth-order valence-corrected chi connectivity index (χ4v) is 4.80. The second-order valence-corrected chi connectivity index (χ2v) is 7.89. The number of fused-ring (bicyclic) bond motifs is 2. The molecule has 2 aliphatic rings. The zero-order valence-electron chi connectivity index (χ0n) is 15.1. The molecule has 1 saturated heterocycles. The van der Waals surface area contributed by atoms with Crippen molar-refractivity contribution in [2.75, 3.05) is 6.54 Å². The number of carbonyl (C=O) groups excluding carboxylic acids is 2. The molecule has 132 valence electrons. The molecule has 2 amide bonds. The van der Waals surface area contributed by atoms with E-state index in [1.165, 1.54) is 6.08 Å². The molecule has 5 nitrogen and oxygen atoms in total. The van der Waals surface area contributed by atoms with E-state index in [1.807, 2.05) is 4.90 Å². The van der Waals surface area contributed by atoms with E-state index in [2.05, 4.69) is 32.7 Å². The number of nitrogens with one attached hydrogen (secondary N) is 1. The molecule has 24 heavy (non-hydrogen) atoms. The normalized spacial score (nSPS) is 33.3. The number of amides is 2. The first-order valence-corrected chi connectivity index (χ1v) is 8.43. The first-order chi connectivity index (χ1) is 11.2. The Morgan fingerprint density at radius 2 is 2.04 bits per heavy atom. The van der Waals surface area contributed by atoms with Gasteiger partial charge in [0.15, 0.2) is 5.76 Å². The summed E-state index contributed by atoms with van der Waals surface area (Å²) in [7, 11) is 0. The van der Waals surface area contributed by atoms with Gasteiger partial charge >= 0.3 is 0 Å². The fourth-order valence-electron chi connectivity index (χ4n) is 4.80. The molecule has 1 aliphatic carbocycles. The minimum absolute atomic E-state index is 0.0162. The number of carbonyl (C=O) groups is 2. The molecule has 3 atom stereocenters. The lowest BCUT2D eigenvalue weighted by molar-refractivity contribution is -0.131. The topological polar surface area (TPSA) is 69.6 Å². The lowest BCUT2D eigenvalue weighted by atomic mass is 9.68. The summed E-state index contributed by atoms with van der Waals surface area (Å²) in [5.41, 5.74) is 0.112. The van der Waals surface area contributed by atoms with Gasteiger partial charge in [-0.25, -0.2) is 0 Å². The van der Waals surface area contributed by atoms with Crippen LogP contribution >= 0.6 is 0 Å². The summed E-state index contributed by atoms with van der Waals surface area (Å²) in [6, 6.07) is 0. The van der Waals surface area contributed by atoms with Crippen LogP contribution in [0, 0.1) is 11.3 Å². The first-order valence-electron chi connectivity index (χ1n) is 8.43. The van der Waals surface area contributed by atoms with Crippen LogP contribution in [0.5, 0.6) is 0 Å². The number of rotatable bonds is 5. The van der Waals surface area contributed by atoms with E-state index in [0.717, 1.165) is 19.3 Å². The maximum Gasteiger partial charge on any atom is 0.257 e. The molecule has 5 heteroatoms. The fraction of sp³-hybridized carbons (Fsp3) is 0.579. The van der Waals surface area contributed by atoms with Crippen LogP contribution in [-0.2, 0) is 9.59 Å².